The van der Waals surface area contributed by atoms with E-state index in [1.165, 1.54) is 19.3 Å². The fourth-order valence-corrected chi connectivity index (χ4v) is 3.14. The summed E-state index contributed by atoms with van der Waals surface area (Å²) in [5.74, 6) is 0. The summed E-state index contributed by atoms with van der Waals surface area (Å²) < 4.78 is 1.08. The lowest BCUT2D eigenvalue weighted by molar-refractivity contribution is 0.301. The molecular weight excluding hydrogens is 273 g/mol. The molecule has 0 atom stereocenters. The predicted molar refractivity (Wildman–Crippen MR) is 68.1 cm³/mol. The third-order valence-corrected chi connectivity index (χ3v) is 4.14. The second-order valence-corrected chi connectivity index (χ2v) is 5.63. The van der Waals surface area contributed by atoms with Crippen molar-refractivity contribution in [2.75, 3.05) is 0 Å². The highest BCUT2D eigenvalue weighted by Gasteiger charge is 2.31. The summed E-state index contributed by atoms with van der Waals surface area (Å²) in [6.07, 6.45) is 5.86. The number of benzene rings is 1. The number of hydrogen-bond acceptors (Lipinski definition) is 1. The zero-order valence-corrected chi connectivity index (χ0v) is 10.9. The Bertz CT molecular complexity index is 359. The highest BCUT2D eigenvalue weighted by molar-refractivity contribution is 9.10. The summed E-state index contributed by atoms with van der Waals surface area (Å²) in [6, 6.07) is 5.87. The van der Waals surface area contributed by atoms with Gasteiger partial charge in [-0.15, -0.1) is 0 Å². The van der Waals surface area contributed by atoms with Crippen LogP contribution < -0.4 is 5.73 Å². The molecule has 0 bridgehead atoms. The predicted octanol–water partition coefficient (Wildman–Crippen LogP) is 4.22. The molecule has 0 amide bonds. The van der Waals surface area contributed by atoms with Crippen molar-refractivity contribution in [1.29, 1.82) is 0 Å². The first-order valence-corrected chi connectivity index (χ1v) is 6.53. The summed E-state index contributed by atoms with van der Waals surface area (Å²) in [5.41, 5.74) is 7.44. The van der Waals surface area contributed by atoms with Crippen molar-refractivity contribution in [3.63, 3.8) is 0 Å². The first-order chi connectivity index (χ1) is 7.12. The van der Waals surface area contributed by atoms with Crippen LogP contribution in [0.4, 0.5) is 0 Å². The molecule has 1 aromatic rings. The van der Waals surface area contributed by atoms with Crippen LogP contribution in [0.5, 0.6) is 0 Å². The van der Waals surface area contributed by atoms with E-state index in [4.69, 9.17) is 17.3 Å². The van der Waals surface area contributed by atoms with Gasteiger partial charge in [-0.25, -0.2) is 0 Å². The molecule has 2 rings (SSSR count). The molecule has 0 unspecified atom stereocenters. The molecule has 2 N–H and O–H groups in total. The van der Waals surface area contributed by atoms with E-state index in [1.807, 2.05) is 18.2 Å². The van der Waals surface area contributed by atoms with Crippen molar-refractivity contribution < 1.29 is 0 Å². The Hall–Kier alpha value is -0.0500. The van der Waals surface area contributed by atoms with E-state index in [-0.39, 0.29) is 5.54 Å². The Morgan fingerprint density at radius 1 is 1.20 bits per heavy atom. The van der Waals surface area contributed by atoms with Gasteiger partial charge < -0.3 is 5.73 Å². The summed E-state index contributed by atoms with van der Waals surface area (Å²) in [5, 5.41) is 0.767. The van der Waals surface area contributed by atoms with Gasteiger partial charge in [-0.3, -0.25) is 0 Å². The highest BCUT2D eigenvalue weighted by Crippen LogP contribution is 2.39. The summed E-state index contributed by atoms with van der Waals surface area (Å²) in [4.78, 5) is 0. The molecule has 1 fully saturated rings. The van der Waals surface area contributed by atoms with Gasteiger partial charge in [0, 0.05) is 15.0 Å². The summed E-state index contributed by atoms with van der Waals surface area (Å²) in [6.45, 7) is 0. The van der Waals surface area contributed by atoms with Crippen LogP contribution in [-0.2, 0) is 5.54 Å². The van der Waals surface area contributed by atoms with Gasteiger partial charge in [-0.1, -0.05) is 46.8 Å². The topological polar surface area (TPSA) is 26.0 Å². The third-order valence-electron chi connectivity index (χ3n) is 3.21. The van der Waals surface area contributed by atoms with E-state index in [1.54, 1.807) is 0 Å². The summed E-state index contributed by atoms with van der Waals surface area (Å²) in [7, 11) is 0. The van der Waals surface area contributed by atoms with Crippen LogP contribution >= 0.6 is 27.5 Å². The zero-order chi connectivity index (χ0) is 10.9. The fraction of sp³-hybridized carbons (Fsp3) is 0.500. The van der Waals surface area contributed by atoms with Crippen LogP contribution in [0.3, 0.4) is 0 Å². The Kier molecular flexibility index (Phi) is 3.39. The van der Waals surface area contributed by atoms with Gasteiger partial charge in [0.25, 0.3) is 0 Å². The standard InChI is InChI=1S/C12H15BrClN/c13-11-5-4-9(14)8-10(11)12(15)6-2-1-3-7-12/h4-5,8H,1-3,6-7,15H2. The second-order valence-electron chi connectivity index (χ2n) is 4.34. The van der Waals surface area contributed by atoms with E-state index in [0.29, 0.717) is 0 Å². The van der Waals surface area contributed by atoms with Gasteiger partial charge in [0.1, 0.15) is 0 Å². The molecule has 1 nitrogen and oxygen atoms in total. The number of rotatable bonds is 1. The molecule has 1 saturated carbocycles. The van der Waals surface area contributed by atoms with Crippen molar-refractivity contribution in [1.82, 2.24) is 0 Å². The number of halogens is 2. The molecular formula is C12H15BrClN. The van der Waals surface area contributed by atoms with Crippen LogP contribution in [0.25, 0.3) is 0 Å². The van der Waals surface area contributed by atoms with E-state index < -0.39 is 0 Å². The molecule has 0 aromatic heterocycles. The molecule has 1 aliphatic rings. The van der Waals surface area contributed by atoms with E-state index >= 15 is 0 Å². The van der Waals surface area contributed by atoms with Gasteiger partial charge >= 0.3 is 0 Å². The molecule has 0 radical (unpaired) electrons. The molecule has 3 heteroatoms. The van der Waals surface area contributed by atoms with E-state index in [0.717, 1.165) is 27.9 Å². The average molecular weight is 289 g/mol. The first-order valence-electron chi connectivity index (χ1n) is 5.36. The minimum Gasteiger partial charge on any atom is -0.321 e. The quantitative estimate of drug-likeness (QED) is 0.822. The lowest BCUT2D eigenvalue weighted by atomic mass is 9.77. The van der Waals surface area contributed by atoms with Gasteiger partial charge in [-0.2, -0.15) is 0 Å². The van der Waals surface area contributed by atoms with Crippen molar-refractivity contribution in [3.8, 4) is 0 Å². The maximum absolute atomic E-state index is 6.46. The minimum absolute atomic E-state index is 0.179. The Balaban J connectivity index is 2.38. The SMILES string of the molecule is NC1(c2cc(Cl)ccc2Br)CCCCC1. The van der Waals surface area contributed by atoms with Gasteiger partial charge in [0.2, 0.25) is 0 Å². The average Bonchev–Trinajstić information content (AvgIpc) is 2.23. The van der Waals surface area contributed by atoms with Crippen LogP contribution in [0.15, 0.2) is 22.7 Å². The Labute approximate surface area is 104 Å². The summed E-state index contributed by atoms with van der Waals surface area (Å²) >= 11 is 9.58. The smallest absolute Gasteiger partial charge is 0.0421 e. The van der Waals surface area contributed by atoms with Crippen LogP contribution in [0.2, 0.25) is 5.02 Å². The Morgan fingerprint density at radius 3 is 2.53 bits per heavy atom. The third kappa shape index (κ3) is 2.38. The number of nitrogens with two attached hydrogens (primary N) is 1. The van der Waals surface area contributed by atoms with Crippen molar-refractivity contribution >= 4 is 27.5 Å². The van der Waals surface area contributed by atoms with Crippen LogP contribution in [-0.4, -0.2) is 0 Å². The molecule has 0 saturated heterocycles. The largest absolute Gasteiger partial charge is 0.321 e. The normalized spacial score (nSPS) is 20.2. The molecule has 0 aliphatic heterocycles. The minimum atomic E-state index is -0.179. The Morgan fingerprint density at radius 2 is 1.87 bits per heavy atom. The molecule has 0 spiro atoms. The molecule has 82 valence electrons. The zero-order valence-electron chi connectivity index (χ0n) is 8.60. The lowest BCUT2D eigenvalue weighted by Crippen LogP contribution is -2.38. The second kappa shape index (κ2) is 4.44. The van der Waals surface area contributed by atoms with E-state index in [2.05, 4.69) is 15.9 Å². The van der Waals surface area contributed by atoms with Crippen LogP contribution in [0.1, 0.15) is 37.7 Å². The molecule has 0 heterocycles. The van der Waals surface area contributed by atoms with Crippen molar-refractivity contribution in [3.05, 3.63) is 33.3 Å². The van der Waals surface area contributed by atoms with Crippen molar-refractivity contribution in [2.24, 2.45) is 5.73 Å². The molecule has 1 aliphatic carbocycles. The monoisotopic (exact) mass is 287 g/mol. The van der Waals surface area contributed by atoms with E-state index in [9.17, 15) is 0 Å². The van der Waals surface area contributed by atoms with Crippen molar-refractivity contribution in [2.45, 2.75) is 37.6 Å². The van der Waals surface area contributed by atoms with Crippen LogP contribution in [0, 0.1) is 0 Å². The molecule has 1 aromatic carbocycles. The highest BCUT2D eigenvalue weighted by atomic mass is 79.9. The maximum Gasteiger partial charge on any atom is 0.0421 e. The maximum atomic E-state index is 6.46. The fourth-order valence-electron chi connectivity index (χ4n) is 2.33. The van der Waals surface area contributed by atoms with Gasteiger partial charge in [0.05, 0.1) is 0 Å². The first kappa shape index (κ1) is 11.4. The molecule has 15 heavy (non-hydrogen) atoms. The number of hydrogen-bond donors (Lipinski definition) is 1. The van der Waals surface area contributed by atoms with Gasteiger partial charge in [-0.05, 0) is 36.6 Å². The van der Waals surface area contributed by atoms with Gasteiger partial charge in [0.15, 0.2) is 0 Å². The lowest BCUT2D eigenvalue weighted by Gasteiger charge is -2.34.